The van der Waals surface area contributed by atoms with Crippen LogP contribution in [-0.2, 0) is 21.4 Å². The number of sulfonamides is 1. The van der Waals surface area contributed by atoms with E-state index in [-0.39, 0.29) is 23.8 Å². The van der Waals surface area contributed by atoms with Crippen LogP contribution in [0.1, 0.15) is 17.5 Å². The third-order valence-corrected chi connectivity index (χ3v) is 5.87. The maximum atomic E-state index is 12.2. The number of nitrogens with zero attached hydrogens (tertiary/aromatic N) is 1. The minimum atomic E-state index is -3.63. The van der Waals surface area contributed by atoms with E-state index in [9.17, 15) is 13.2 Å². The number of hydrogen-bond acceptors (Lipinski definition) is 3. The second-order valence-electron chi connectivity index (χ2n) is 5.95. The van der Waals surface area contributed by atoms with E-state index in [1.54, 1.807) is 37.4 Å². The van der Waals surface area contributed by atoms with Crippen LogP contribution in [0.2, 0.25) is 10.0 Å². The first kappa shape index (κ1) is 20.7. The van der Waals surface area contributed by atoms with Gasteiger partial charge in [-0.1, -0.05) is 47.0 Å². The number of amides is 1. The average molecular weight is 415 g/mol. The summed E-state index contributed by atoms with van der Waals surface area (Å²) in [4.78, 5) is 13.9. The van der Waals surface area contributed by atoms with E-state index in [4.69, 9.17) is 23.2 Å². The molecule has 2 aromatic rings. The number of rotatable bonds is 7. The fourth-order valence-corrected chi connectivity index (χ4v) is 3.78. The Morgan fingerprint density at radius 1 is 1.12 bits per heavy atom. The van der Waals surface area contributed by atoms with Crippen LogP contribution in [0.3, 0.4) is 0 Å². The summed E-state index contributed by atoms with van der Waals surface area (Å²) in [5.41, 5.74) is 1.74. The van der Waals surface area contributed by atoms with Crippen LogP contribution in [0.5, 0.6) is 0 Å². The number of nitrogens with one attached hydrogen (secondary N) is 1. The molecule has 26 heavy (non-hydrogen) atoms. The minimum absolute atomic E-state index is 0.0216. The smallest absolute Gasteiger partial charge is 0.240 e. The van der Waals surface area contributed by atoms with Crippen molar-refractivity contribution in [2.24, 2.45) is 0 Å². The SMILES string of the molecule is Cc1ccc(S(=O)(=O)NCCC(=O)N(C)Cc2ccc(Cl)cc2Cl)cc1. The van der Waals surface area contributed by atoms with Gasteiger partial charge >= 0.3 is 0 Å². The standard InChI is InChI=1S/C18H20Cl2N2O3S/c1-13-3-7-16(8-4-13)26(24,25)21-10-9-18(23)22(2)12-14-5-6-15(19)11-17(14)20/h3-8,11,21H,9-10,12H2,1-2H3. The van der Waals surface area contributed by atoms with Crippen molar-refractivity contribution in [1.29, 1.82) is 0 Å². The molecule has 0 saturated heterocycles. The van der Waals surface area contributed by atoms with Crippen molar-refractivity contribution in [3.63, 3.8) is 0 Å². The predicted molar refractivity (Wildman–Crippen MR) is 104 cm³/mol. The third-order valence-electron chi connectivity index (χ3n) is 3.81. The highest BCUT2D eigenvalue weighted by atomic mass is 35.5. The summed E-state index contributed by atoms with van der Waals surface area (Å²) in [5.74, 6) is -0.192. The Hall–Kier alpha value is -1.60. The molecule has 0 fully saturated rings. The molecule has 0 aliphatic heterocycles. The van der Waals surface area contributed by atoms with Gasteiger partial charge in [0.05, 0.1) is 4.90 Å². The summed E-state index contributed by atoms with van der Waals surface area (Å²) in [5, 5.41) is 1.01. The molecule has 0 radical (unpaired) electrons. The normalized spacial score (nSPS) is 11.4. The maximum Gasteiger partial charge on any atom is 0.240 e. The van der Waals surface area contributed by atoms with Gasteiger partial charge in [0.2, 0.25) is 15.9 Å². The molecule has 0 aliphatic rings. The molecule has 0 atom stereocenters. The number of carbonyl (C=O) groups excluding carboxylic acids is 1. The van der Waals surface area contributed by atoms with Gasteiger partial charge < -0.3 is 4.90 Å². The van der Waals surface area contributed by atoms with Gasteiger partial charge in [-0.05, 0) is 36.8 Å². The summed E-state index contributed by atoms with van der Waals surface area (Å²) in [7, 11) is -1.98. The second kappa shape index (κ2) is 8.86. The molecular formula is C18H20Cl2N2O3S. The van der Waals surface area contributed by atoms with Gasteiger partial charge in [-0.2, -0.15) is 0 Å². The summed E-state index contributed by atoms with van der Waals surface area (Å²) < 4.78 is 26.8. The lowest BCUT2D eigenvalue weighted by Gasteiger charge is -2.18. The third kappa shape index (κ3) is 5.71. The molecule has 0 aliphatic carbocycles. The molecule has 1 amide bonds. The molecule has 0 heterocycles. The van der Waals surface area contributed by atoms with Crippen molar-refractivity contribution in [2.45, 2.75) is 24.8 Å². The van der Waals surface area contributed by atoms with E-state index in [1.165, 1.54) is 17.0 Å². The Labute approximate surface area is 164 Å². The molecule has 1 N–H and O–H groups in total. The number of benzene rings is 2. The van der Waals surface area contributed by atoms with Crippen LogP contribution in [0.15, 0.2) is 47.4 Å². The largest absolute Gasteiger partial charge is 0.341 e. The van der Waals surface area contributed by atoms with E-state index in [2.05, 4.69) is 4.72 Å². The molecule has 0 aromatic heterocycles. The second-order valence-corrected chi connectivity index (χ2v) is 8.56. The zero-order valence-corrected chi connectivity index (χ0v) is 16.8. The molecule has 2 aromatic carbocycles. The van der Waals surface area contributed by atoms with Crippen LogP contribution in [-0.4, -0.2) is 32.8 Å². The van der Waals surface area contributed by atoms with Crippen molar-refractivity contribution in [3.05, 3.63) is 63.6 Å². The molecule has 140 valence electrons. The van der Waals surface area contributed by atoms with Gasteiger partial charge in [-0.3, -0.25) is 4.79 Å². The number of hydrogen-bond donors (Lipinski definition) is 1. The maximum absolute atomic E-state index is 12.2. The first-order chi connectivity index (χ1) is 12.2. The Kier molecular flexibility index (Phi) is 7.06. The predicted octanol–water partition coefficient (Wildman–Crippen LogP) is 3.63. The van der Waals surface area contributed by atoms with Crippen LogP contribution >= 0.6 is 23.2 Å². The monoisotopic (exact) mass is 414 g/mol. The van der Waals surface area contributed by atoms with E-state index in [0.717, 1.165) is 11.1 Å². The zero-order chi connectivity index (χ0) is 19.3. The number of aryl methyl sites for hydroxylation is 1. The Balaban J connectivity index is 1.88. The highest BCUT2D eigenvalue weighted by Gasteiger charge is 2.16. The molecule has 0 saturated carbocycles. The van der Waals surface area contributed by atoms with E-state index < -0.39 is 10.0 Å². The first-order valence-corrected chi connectivity index (χ1v) is 10.2. The van der Waals surface area contributed by atoms with Gasteiger partial charge in [0.25, 0.3) is 0 Å². The summed E-state index contributed by atoms with van der Waals surface area (Å²) >= 11 is 12.0. The van der Waals surface area contributed by atoms with Crippen LogP contribution in [0.25, 0.3) is 0 Å². The lowest BCUT2D eigenvalue weighted by molar-refractivity contribution is -0.130. The van der Waals surface area contributed by atoms with Gasteiger partial charge in [0.1, 0.15) is 0 Å². The lowest BCUT2D eigenvalue weighted by atomic mass is 10.2. The van der Waals surface area contributed by atoms with Crippen LogP contribution in [0.4, 0.5) is 0 Å². The summed E-state index contributed by atoms with van der Waals surface area (Å²) in [6, 6.07) is 11.6. The van der Waals surface area contributed by atoms with Gasteiger partial charge in [-0.15, -0.1) is 0 Å². The Morgan fingerprint density at radius 2 is 1.77 bits per heavy atom. The molecule has 2 rings (SSSR count). The van der Waals surface area contributed by atoms with Crippen LogP contribution in [0, 0.1) is 6.92 Å². The number of halogens is 2. The van der Waals surface area contributed by atoms with Gasteiger partial charge in [0, 0.05) is 36.6 Å². The number of carbonyl (C=O) groups is 1. The minimum Gasteiger partial charge on any atom is -0.341 e. The molecule has 0 unspecified atom stereocenters. The lowest BCUT2D eigenvalue weighted by Crippen LogP contribution is -2.32. The quantitative estimate of drug-likeness (QED) is 0.751. The fraction of sp³-hybridized carbons (Fsp3) is 0.278. The first-order valence-electron chi connectivity index (χ1n) is 7.93. The van der Waals surface area contributed by atoms with Gasteiger partial charge in [0.15, 0.2) is 0 Å². The highest BCUT2D eigenvalue weighted by molar-refractivity contribution is 7.89. The van der Waals surface area contributed by atoms with E-state index >= 15 is 0 Å². The average Bonchev–Trinajstić information content (AvgIpc) is 2.57. The van der Waals surface area contributed by atoms with Crippen molar-refractivity contribution in [2.75, 3.05) is 13.6 Å². The van der Waals surface area contributed by atoms with Crippen molar-refractivity contribution in [1.82, 2.24) is 9.62 Å². The zero-order valence-electron chi connectivity index (χ0n) is 14.5. The summed E-state index contributed by atoms with van der Waals surface area (Å²) in [6.45, 7) is 2.22. The Morgan fingerprint density at radius 3 is 2.38 bits per heavy atom. The van der Waals surface area contributed by atoms with Gasteiger partial charge in [-0.25, -0.2) is 13.1 Å². The van der Waals surface area contributed by atoms with E-state index in [0.29, 0.717) is 16.6 Å². The fourth-order valence-electron chi connectivity index (χ4n) is 2.28. The molecule has 0 bridgehead atoms. The van der Waals surface area contributed by atoms with Crippen LogP contribution < -0.4 is 4.72 Å². The Bertz CT molecular complexity index is 884. The highest BCUT2D eigenvalue weighted by Crippen LogP contribution is 2.22. The molecule has 5 nitrogen and oxygen atoms in total. The molecule has 0 spiro atoms. The van der Waals surface area contributed by atoms with Crippen molar-refractivity contribution in [3.8, 4) is 0 Å². The van der Waals surface area contributed by atoms with E-state index in [1.807, 2.05) is 6.92 Å². The topological polar surface area (TPSA) is 66.5 Å². The van der Waals surface area contributed by atoms with Crippen molar-refractivity contribution >= 4 is 39.1 Å². The van der Waals surface area contributed by atoms with Crippen molar-refractivity contribution < 1.29 is 13.2 Å². The molecule has 8 heteroatoms. The molecular weight excluding hydrogens is 395 g/mol. The summed E-state index contributed by atoms with van der Waals surface area (Å²) in [6.07, 6.45) is 0.0484.